The lowest BCUT2D eigenvalue weighted by Crippen LogP contribution is -2.30. The molecule has 0 fully saturated rings. The summed E-state index contributed by atoms with van der Waals surface area (Å²) >= 11 is 0. The highest BCUT2D eigenvalue weighted by Gasteiger charge is 2.10. The molecule has 0 saturated carbocycles. The molecule has 2 aromatic rings. The van der Waals surface area contributed by atoms with E-state index >= 15 is 0 Å². The van der Waals surface area contributed by atoms with Gasteiger partial charge >= 0.3 is 12.0 Å². The van der Waals surface area contributed by atoms with Crippen LogP contribution in [0.15, 0.2) is 30.6 Å². The maximum Gasteiger partial charge on any atom is 0.339 e. The van der Waals surface area contributed by atoms with Gasteiger partial charge in [0.1, 0.15) is 17.1 Å². The van der Waals surface area contributed by atoms with Crippen LogP contribution in [0.25, 0.3) is 0 Å². The third-order valence-electron chi connectivity index (χ3n) is 2.69. The molecule has 0 aliphatic rings. The predicted octanol–water partition coefficient (Wildman–Crippen LogP) is 1.18. The fourth-order valence-corrected chi connectivity index (χ4v) is 1.69. The van der Waals surface area contributed by atoms with Crippen molar-refractivity contribution >= 4 is 17.7 Å². The number of rotatable bonds is 5. The second-order valence-electron chi connectivity index (χ2n) is 4.20. The zero-order valence-corrected chi connectivity index (χ0v) is 11.0. The number of anilines is 1. The average molecular weight is 290 g/mol. The van der Waals surface area contributed by atoms with Crippen LogP contribution in [0.4, 0.5) is 10.5 Å². The Morgan fingerprint density at radius 3 is 2.76 bits per heavy atom. The number of H-pyrrole nitrogens is 1. The van der Waals surface area contributed by atoms with Crippen LogP contribution in [0.1, 0.15) is 16.2 Å². The highest BCUT2D eigenvalue weighted by molar-refractivity contribution is 5.93. The molecule has 0 aliphatic carbocycles. The van der Waals surface area contributed by atoms with Crippen LogP contribution in [-0.2, 0) is 6.42 Å². The number of benzene rings is 1. The highest BCUT2D eigenvalue weighted by atomic mass is 16.4. The van der Waals surface area contributed by atoms with Crippen molar-refractivity contribution < 1.29 is 19.8 Å². The summed E-state index contributed by atoms with van der Waals surface area (Å²) in [7, 11) is 0. The summed E-state index contributed by atoms with van der Waals surface area (Å²) in [5, 5.41) is 23.4. The van der Waals surface area contributed by atoms with E-state index in [2.05, 4.69) is 20.6 Å². The fraction of sp³-hybridized carbons (Fsp3) is 0.154. The number of carboxylic acids is 1. The smallest absolute Gasteiger partial charge is 0.339 e. The molecule has 0 bridgehead atoms. The lowest BCUT2D eigenvalue weighted by Gasteiger charge is -2.08. The summed E-state index contributed by atoms with van der Waals surface area (Å²) in [6.07, 6.45) is 3.88. The predicted molar refractivity (Wildman–Crippen MR) is 74.4 cm³/mol. The first-order chi connectivity index (χ1) is 10.1. The molecule has 1 aromatic heterocycles. The molecule has 110 valence electrons. The van der Waals surface area contributed by atoms with Gasteiger partial charge in [0, 0.05) is 37.1 Å². The largest absolute Gasteiger partial charge is 0.507 e. The fourth-order valence-electron chi connectivity index (χ4n) is 1.69. The van der Waals surface area contributed by atoms with E-state index in [1.165, 1.54) is 18.2 Å². The van der Waals surface area contributed by atoms with Gasteiger partial charge in [0.05, 0.1) is 0 Å². The molecule has 0 unspecified atom stereocenters. The first kappa shape index (κ1) is 14.4. The zero-order chi connectivity index (χ0) is 15.2. The van der Waals surface area contributed by atoms with Gasteiger partial charge in [0.25, 0.3) is 0 Å². The number of aromatic amines is 1. The van der Waals surface area contributed by atoms with Crippen molar-refractivity contribution in [2.45, 2.75) is 6.42 Å². The minimum Gasteiger partial charge on any atom is -0.507 e. The van der Waals surface area contributed by atoms with Crippen LogP contribution in [0.2, 0.25) is 0 Å². The minimum atomic E-state index is -1.23. The Balaban J connectivity index is 1.85. The van der Waals surface area contributed by atoms with Crippen LogP contribution < -0.4 is 10.6 Å². The van der Waals surface area contributed by atoms with E-state index in [0.717, 1.165) is 5.82 Å². The number of hydrogen-bond donors (Lipinski definition) is 5. The van der Waals surface area contributed by atoms with Gasteiger partial charge in [0.15, 0.2) is 0 Å². The lowest BCUT2D eigenvalue weighted by molar-refractivity contribution is 0.0694. The van der Waals surface area contributed by atoms with Crippen molar-refractivity contribution in [1.29, 1.82) is 0 Å². The molecule has 8 heteroatoms. The molecule has 8 nitrogen and oxygen atoms in total. The van der Waals surface area contributed by atoms with Gasteiger partial charge in [-0.15, -0.1) is 0 Å². The van der Waals surface area contributed by atoms with E-state index in [1.807, 2.05) is 0 Å². The van der Waals surface area contributed by atoms with Crippen LogP contribution in [0.5, 0.6) is 5.75 Å². The number of nitrogens with zero attached hydrogens (tertiary/aromatic N) is 1. The second kappa shape index (κ2) is 6.42. The van der Waals surface area contributed by atoms with Gasteiger partial charge in [-0.1, -0.05) is 0 Å². The number of aromatic nitrogens is 2. The van der Waals surface area contributed by atoms with Gasteiger partial charge in [-0.3, -0.25) is 0 Å². The quantitative estimate of drug-likeness (QED) is 0.565. The van der Waals surface area contributed by atoms with Gasteiger partial charge in [-0.05, 0) is 12.1 Å². The third kappa shape index (κ3) is 3.96. The number of carbonyl (C=O) groups excluding carboxylic acids is 1. The SMILES string of the molecule is O=C(NCCc1ncc[nH]1)Nc1ccc(C(=O)O)c(O)c1. The Morgan fingerprint density at radius 1 is 1.33 bits per heavy atom. The number of carboxylic acid groups (broad SMARTS) is 1. The topological polar surface area (TPSA) is 127 Å². The Hall–Kier alpha value is -3.03. The maximum absolute atomic E-state index is 11.6. The standard InChI is InChI=1S/C13H14N4O4/c18-10-7-8(1-2-9(10)12(19)20)17-13(21)16-4-3-11-14-5-6-15-11/h1-2,5-7,18H,3-4H2,(H,14,15)(H,19,20)(H2,16,17,21). The molecule has 5 N–H and O–H groups in total. The van der Waals surface area contributed by atoms with E-state index in [1.54, 1.807) is 12.4 Å². The molecule has 1 aromatic carbocycles. The van der Waals surface area contributed by atoms with Crippen molar-refractivity contribution in [2.24, 2.45) is 0 Å². The van der Waals surface area contributed by atoms with Crippen LogP contribution >= 0.6 is 0 Å². The zero-order valence-electron chi connectivity index (χ0n) is 11.0. The molecular weight excluding hydrogens is 276 g/mol. The van der Waals surface area contributed by atoms with Gasteiger partial charge in [0.2, 0.25) is 0 Å². The first-order valence-corrected chi connectivity index (χ1v) is 6.15. The number of imidazole rings is 1. The molecular formula is C13H14N4O4. The minimum absolute atomic E-state index is 0.223. The summed E-state index contributed by atoms with van der Waals surface area (Å²) in [5.74, 6) is -0.878. The van der Waals surface area contributed by atoms with E-state index in [4.69, 9.17) is 5.11 Å². The van der Waals surface area contributed by atoms with Crippen molar-refractivity contribution in [3.8, 4) is 5.75 Å². The first-order valence-electron chi connectivity index (χ1n) is 6.15. The Labute approximate surface area is 119 Å². The van der Waals surface area contributed by atoms with E-state index < -0.39 is 17.7 Å². The van der Waals surface area contributed by atoms with E-state index in [0.29, 0.717) is 18.7 Å². The number of aromatic hydroxyl groups is 1. The molecule has 0 spiro atoms. The number of urea groups is 1. The van der Waals surface area contributed by atoms with Crippen molar-refractivity contribution in [3.63, 3.8) is 0 Å². The van der Waals surface area contributed by atoms with Crippen molar-refractivity contribution in [2.75, 3.05) is 11.9 Å². The highest BCUT2D eigenvalue weighted by Crippen LogP contribution is 2.21. The summed E-state index contributed by atoms with van der Waals surface area (Å²) in [5.41, 5.74) is 0.0757. The second-order valence-corrected chi connectivity index (χ2v) is 4.20. The molecule has 1 heterocycles. The number of hydrogen-bond acceptors (Lipinski definition) is 4. The Bertz CT molecular complexity index is 640. The number of nitrogens with one attached hydrogen (secondary N) is 3. The van der Waals surface area contributed by atoms with Crippen LogP contribution in [-0.4, -0.2) is 38.7 Å². The molecule has 2 amide bonds. The van der Waals surface area contributed by atoms with E-state index in [-0.39, 0.29) is 5.56 Å². The normalized spacial score (nSPS) is 10.1. The van der Waals surface area contributed by atoms with E-state index in [9.17, 15) is 14.7 Å². The molecule has 2 rings (SSSR count). The maximum atomic E-state index is 11.6. The van der Waals surface area contributed by atoms with Gasteiger partial charge < -0.3 is 25.8 Å². The molecule has 21 heavy (non-hydrogen) atoms. The van der Waals surface area contributed by atoms with Crippen LogP contribution in [0, 0.1) is 0 Å². The monoisotopic (exact) mass is 290 g/mol. The Kier molecular flexibility index (Phi) is 4.39. The third-order valence-corrected chi connectivity index (χ3v) is 2.69. The van der Waals surface area contributed by atoms with Crippen molar-refractivity contribution in [1.82, 2.24) is 15.3 Å². The number of phenols is 1. The summed E-state index contributed by atoms with van der Waals surface area (Å²) in [6, 6.07) is 3.34. The van der Waals surface area contributed by atoms with Crippen LogP contribution in [0.3, 0.4) is 0 Å². The van der Waals surface area contributed by atoms with Gasteiger partial charge in [-0.25, -0.2) is 14.6 Å². The number of aromatic carboxylic acids is 1. The molecule has 0 aliphatic heterocycles. The van der Waals surface area contributed by atoms with Crippen molar-refractivity contribution in [3.05, 3.63) is 42.0 Å². The molecule has 0 atom stereocenters. The molecule has 0 radical (unpaired) electrons. The average Bonchev–Trinajstić information content (AvgIpc) is 2.91. The lowest BCUT2D eigenvalue weighted by atomic mass is 10.2. The summed E-state index contributed by atoms with van der Waals surface area (Å²) in [4.78, 5) is 29.3. The van der Waals surface area contributed by atoms with Gasteiger partial charge in [-0.2, -0.15) is 0 Å². The summed E-state index contributed by atoms with van der Waals surface area (Å²) in [6.45, 7) is 0.387. The molecule has 0 saturated heterocycles. The summed E-state index contributed by atoms with van der Waals surface area (Å²) < 4.78 is 0. The Morgan fingerprint density at radius 2 is 2.14 bits per heavy atom. The number of amides is 2. The number of carbonyl (C=O) groups is 2.